The van der Waals surface area contributed by atoms with Gasteiger partial charge in [-0.2, -0.15) is 0 Å². The molecule has 0 aliphatic carbocycles. The van der Waals surface area contributed by atoms with Crippen molar-refractivity contribution >= 4 is 22.5 Å². The zero-order chi connectivity index (χ0) is 7.23. The molecule has 0 spiro atoms. The van der Waals surface area contributed by atoms with E-state index in [0.29, 0.717) is 0 Å². The van der Waals surface area contributed by atoms with Crippen LogP contribution in [0.1, 0.15) is 12.0 Å². The van der Waals surface area contributed by atoms with Gasteiger partial charge in [0, 0.05) is 0 Å². The van der Waals surface area contributed by atoms with E-state index in [4.69, 9.17) is 0 Å². The van der Waals surface area contributed by atoms with Crippen LogP contribution < -0.4 is 0 Å². The summed E-state index contributed by atoms with van der Waals surface area (Å²) in [6.07, 6.45) is 2.61. The Labute approximate surface area is 75.7 Å². The summed E-state index contributed by atoms with van der Waals surface area (Å²) >= 11 is 1.66. The van der Waals surface area contributed by atoms with Gasteiger partial charge in [0.25, 0.3) is 0 Å². The molecule has 0 amide bonds. The van der Waals surface area contributed by atoms with Gasteiger partial charge in [-0.1, -0.05) is 0 Å². The Morgan fingerprint density at radius 1 is 1.10 bits per heavy atom. The predicted molar refractivity (Wildman–Crippen MR) is 45.3 cm³/mol. The summed E-state index contributed by atoms with van der Waals surface area (Å²) in [4.78, 5) is 0. The van der Waals surface area contributed by atoms with Crippen molar-refractivity contribution in [3.8, 4) is 0 Å². The van der Waals surface area contributed by atoms with Crippen LogP contribution in [0.3, 0.4) is 0 Å². The minimum absolute atomic E-state index is 1.26. The first-order valence-corrected chi connectivity index (χ1v) is 5.64. The van der Waals surface area contributed by atoms with Crippen LogP contribution in [0.2, 0.25) is 4.44 Å². The van der Waals surface area contributed by atoms with Crippen molar-refractivity contribution in [3.05, 3.63) is 35.9 Å². The number of hydrogen-bond donors (Lipinski definition) is 0. The van der Waals surface area contributed by atoms with Crippen molar-refractivity contribution in [2.45, 2.75) is 17.3 Å². The van der Waals surface area contributed by atoms with Gasteiger partial charge in [-0.05, 0) is 0 Å². The van der Waals surface area contributed by atoms with Crippen molar-refractivity contribution in [1.82, 2.24) is 0 Å². The molecule has 0 aliphatic heterocycles. The molecule has 1 rings (SSSR count). The van der Waals surface area contributed by atoms with Crippen LogP contribution >= 0.6 is 0 Å². The SMILES string of the molecule is [Sn+3][CH2]CCc1ccccc1. The third-order valence-electron chi connectivity index (χ3n) is 1.49. The summed E-state index contributed by atoms with van der Waals surface area (Å²) in [6, 6.07) is 10.7. The van der Waals surface area contributed by atoms with E-state index in [1.807, 2.05) is 0 Å². The molecular formula is C9H11Sn+3. The predicted octanol–water partition coefficient (Wildman–Crippen LogP) is 2.21. The van der Waals surface area contributed by atoms with E-state index in [1.54, 1.807) is 22.5 Å². The third kappa shape index (κ3) is 2.73. The van der Waals surface area contributed by atoms with Crippen molar-refractivity contribution < 1.29 is 0 Å². The molecule has 0 aliphatic rings. The number of rotatable bonds is 3. The first-order chi connectivity index (χ1) is 4.93. The van der Waals surface area contributed by atoms with Crippen LogP contribution in [0.5, 0.6) is 0 Å². The zero-order valence-corrected chi connectivity index (χ0v) is 8.86. The number of hydrogen-bond acceptors (Lipinski definition) is 0. The molecule has 0 bridgehead atoms. The van der Waals surface area contributed by atoms with Crippen LogP contribution in [0.4, 0.5) is 0 Å². The van der Waals surface area contributed by atoms with Gasteiger partial charge in [-0.15, -0.1) is 0 Å². The summed E-state index contributed by atoms with van der Waals surface area (Å²) in [5, 5.41) is 0. The Morgan fingerprint density at radius 3 is 2.40 bits per heavy atom. The molecule has 0 aromatic heterocycles. The van der Waals surface area contributed by atoms with E-state index in [2.05, 4.69) is 30.3 Å². The van der Waals surface area contributed by atoms with Gasteiger partial charge in [0.05, 0.1) is 0 Å². The Morgan fingerprint density at radius 2 is 1.80 bits per heavy atom. The van der Waals surface area contributed by atoms with Gasteiger partial charge >= 0.3 is 75.7 Å². The average Bonchev–Trinajstić information content (AvgIpc) is 2.03. The fourth-order valence-corrected chi connectivity index (χ4v) is 1.44. The normalized spacial score (nSPS) is 9.80. The molecule has 1 aromatic carbocycles. The topological polar surface area (TPSA) is 0 Å². The Bertz CT molecular complexity index is 169. The van der Waals surface area contributed by atoms with Crippen molar-refractivity contribution in [2.75, 3.05) is 0 Å². The molecule has 0 saturated heterocycles. The Balaban J connectivity index is 2.43. The van der Waals surface area contributed by atoms with Gasteiger partial charge in [0.1, 0.15) is 0 Å². The molecular weight excluding hydrogens is 227 g/mol. The van der Waals surface area contributed by atoms with E-state index >= 15 is 0 Å². The summed E-state index contributed by atoms with van der Waals surface area (Å²) in [5.74, 6) is 0. The van der Waals surface area contributed by atoms with Crippen LogP contribution in [-0.2, 0) is 6.42 Å². The summed E-state index contributed by atoms with van der Waals surface area (Å²) in [5.41, 5.74) is 1.48. The van der Waals surface area contributed by atoms with E-state index < -0.39 is 0 Å². The Kier molecular flexibility index (Phi) is 3.88. The fourth-order valence-electron chi connectivity index (χ4n) is 0.937. The molecule has 1 aromatic rings. The van der Waals surface area contributed by atoms with Gasteiger partial charge in [0.2, 0.25) is 0 Å². The second kappa shape index (κ2) is 4.78. The first kappa shape index (κ1) is 8.12. The number of aryl methyl sites for hydroxylation is 1. The molecule has 48 valence electrons. The molecule has 10 heavy (non-hydrogen) atoms. The second-order valence-electron chi connectivity index (χ2n) is 2.34. The third-order valence-corrected chi connectivity index (χ3v) is 2.49. The van der Waals surface area contributed by atoms with Gasteiger partial charge in [0.15, 0.2) is 0 Å². The van der Waals surface area contributed by atoms with E-state index in [-0.39, 0.29) is 0 Å². The van der Waals surface area contributed by atoms with Gasteiger partial charge in [-0.25, -0.2) is 0 Å². The molecule has 0 fully saturated rings. The molecule has 0 nitrogen and oxygen atoms in total. The standard InChI is InChI=1S/C9H11.Sn/c1-2-6-9-7-4-3-5-8-9;/h3-5,7-8H,1-2,6H2;/q;+3. The van der Waals surface area contributed by atoms with Crippen LogP contribution in [0.25, 0.3) is 0 Å². The maximum atomic E-state index is 2.20. The van der Waals surface area contributed by atoms with Gasteiger partial charge < -0.3 is 0 Å². The van der Waals surface area contributed by atoms with Crippen molar-refractivity contribution in [1.29, 1.82) is 0 Å². The minimum atomic E-state index is 1.26. The van der Waals surface area contributed by atoms with Crippen molar-refractivity contribution in [3.63, 3.8) is 0 Å². The summed E-state index contributed by atoms with van der Waals surface area (Å²) in [6.45, 7) is 0. The molecule has 0 unspecified atom stereocenters. The summed E-state index contributed by atoms with van der Waals surface area (Å²) in [7, 11) is 0. The Hall–Kier alpha value is 0.0187. The van der Waals surface area contributed by atoms with Crippen LogP contribution in [-0.4, -0.2) is 22.5 Å². The molecule has 0 radical (unpaired) electrons. The van der Waals surface area contributed by atoms with Crippen molar-refractivity contribution in [2.24, 2.45) is 0 Å². The molecule has 1 heteroatoms. The average molecular weight is 238 g/mol. The number of benzene rings is 1. The first-order valence-electron chi connectivity index (χ1n) is 3.62. The fraction of sp³-hybridized carbons (Fsp3) is 0.333. The monoisotopic (exact) mass is 239 g/mol. The molecule has 0 saturated carbocycles. The maximum absolute atomic E-state index is 2.20. The van der Waals surface area contributed by atoms with E-state index in [9.17, 15) is 0 Å². The molecule has 0 atom stereocenters. The molecule has 0 N–H and O–H groups in total. The quantitative estimate of drug-likeness (QED) is 0.708. The van der Waals surface area contributed by atoms with E-state index in [0.717, 1.165) is 0 Å². The summed E-state index contributed by atoms with van der Waals surface area (Å²) < 4.78 is 1.38. The zero-order valence-electron chi connectivity index (χ0n) is 6.01. The molecule has 0 heterocycles. The van der Waals surface area contributed by atoms with E-state index in [1.165, 1.54) is 22.8 Å². The second-order valence-corrected chi connectivity index (χ2v) is 3.77. The van der Waals surface area contributed by atoms with Crippen LogP contribution in [0.15, 0.2) is 30.3 Å². The van der Waals surface area contributed by atoms with Crippen LogP contribution in [0, 0.1) is 0 Å². The van der Waals surface area contributed by atoms with Gasteiger partial charge in [-0.3, -0.25) is 0 Å².